The third kappa shape index (κ3) is 5.99. The van der Waals surface area contributed by atoms with Gasteiger partial charge in [-0.25, -0.2) is 0 Å². The van der Waals surface area contributed by atoms with E-state index >= 15 is 0 Å². The van der Waals surface area contributed by atoms with Gasteiger partial charge in [0.05, 0.1) is 0 Å². The van der Waals surface area contributed by atoms with Crippen molar-refractivity contribution in [1.29, 1.82) is 0 Å². The summed E-state index contributed by atoms with van der Waals surface area (Å²) in [5.74, 6) is 3.24. The van der Waals surface area contributed by atoms with E-state index in [-0.39, 0.29) is 10.8 Å². The van der Waals surface area contributed by atoms with E-state index in [1.165, 1.54) is 22.3 Å². The number of benzene rings is 5. The van der Waals surface area contributed by atoms with Gasteiger partial charge in [0.15, 0.2) is 0 Å². The zero-order valence-electron chi connectivity index (χ0n) is 25.4. The Morgan fingerprint density at radius 2 is 0.714 bits per heavy atom. The number of nitrogen functional groups attached to an aromatic ring is 2. The maximum Gasteiger partial charge on any atom is 0.130 e. The molecular formula is C38H40N2O2. The van der Waals surface area contributed by atoms with E-state index in [9.17, 15) is 0 Å². The predicted molar refractivity (Wildman–Crippen MR) is 175 cm³/mol. The molecule has 5 rings (SSSR count). The molecular weight excluding hydrogens is 516 g/mol. The monoisotopic (exact) mass is 556 g/mol. The van der Waals surface area contributed by atoms with Crippen molar-refractivity contribution in [3.63, 3.8) is 0 Å². The number of hydrogen-bond acceptors (Lipinski definition) is 4. The highest BCUT2D eigenvalue weighted by atomic mass is 16.5. The van der Waals surface area contributed by atoms with Gasteiger partial charge in [0.1, 0.15) is 23.0 Å². The third-order valence-corrected chi connectivity index (χ3v) is 8.33. The molecule has 0 saturated heterocycles. The zero-order valence-corrected chi connectivity index (χ0v) is 25.4. The third-order valence-electron chi connectivity index (χ3n) is 8.33. The molecule has 0 saturated carbocycles. The highest BCUT2D eigenvalue weighted by Crippen LogP contribution is 2.37. The van der Waals surface area contributed by atoms with Crippen molar-refractivity contribution in [2.75, 3.05) is 11.5 Å². The van der Waals surface area contributed by atoms with E-state index in [4.69, 9.17) is 20.9 Å². The first-order valence-corrected chi connectivity index (χ1v) is 14.3. The summed E-state index contributed by atoms with van der Waals surface area (Å²) in [4.78, 5) is 0. The van der Waals surface area contributed by atoms with Crippen LogP contribution in [-0.4, -0.2) is 0 Å². The zero-order chi connectivity index (χ0) is 30.1. The Bertz CT molecular complexity index is 1560. The number of aryl methyl sites for hydroxylation is 2. The standard InChI is InChI=1S/C38H40N2O2/c1-25-23-31(39)15-21-35(25)41-33-17-11-29(12-18-33)37(3,4)27-7-9-28(10-8-27)38(5,6)30-13-19-34(20-14-30)42-36-22-16-32(40)24-26(36)2/h7-24H,39-40H2,1-6H3. The molecule has 5 aromatic carbocycles. The van der Waals surface area contributed by atoms with Gasteiger partial charge in [-0.05, 0) is 108 Å². The van der Waals surface area contributed by atoms with Gasteiger partial charge in [-0.15, -0.1) is 0 Å². The molecule has 4 N–H and O–H groups in total. The van der Waals surface area contributed by atoms with Gasteiger partial charge in [-0.2, -0.15) is 0 Å². The predicted octanol–water partition coefficient (Wildman–Crippen LogP) is 9.70. The molecule has 0 atom stereocenters. The molecule has 0 fully saturated rings. The van der Waals surface area contributed by atoms with Crippen LogP contribution in [0, 0.1) is 13.8 Å². The Kier molecular flexibility index (Phi) is 7.74. The largest absolute Gasteiger partial charge is 0.457 e. The molecule has 0 amide bonds. The highest BCUT2D eigenvalue weighted by molar-refractivity contribution is 5.51. The molecule has 0 bridgehead atoms. The fourth-order valence-electron chi connectivity index (χ4n) is 5.34. The maximum absolute atomic E-state index is 6.11. The Labute approximate surface area is 249 Å². The normalized spacial score (nSPS) is 11.8. The van der Waals surface area contributed by atoms with E-state index in [1.54, 1.807) is 0 Å². The quantitative estimate of drug-likeness (QED) is 0.187. The van der Waals surface area contributed by atoms with Gasteiger partial charge >= 0.3 is 0 Å². The molecule has 0 aliphatic carbocycles. The molecule has 214 valence electrons. The number of anilines is 2. The van der Waals surface area contributed by atoms with Gasteiger partial charge in [0.2, 0.25) is 0 Å². The molecule has 0 radical (unpaired) electrons. The SMILES string of the molecule is Cc1cc(N)ccc1Oc1ccc(C(C)(C)c2ccc(C(C)(C)c3ccc(Oc4ccc(N)cc4C)cc3)cc2)cc1. The van der Waals surface area contributed by atoms with Crippen molar-refractivity contribution >= 4 is 11.4 Å². The first-order valence-electron chi connectivity index (χ1n) is 14.3. The molecule has 42 heavy (non-hydrogen) atoms. The molecule has 0 aromatic heterocycles. The average Bonchev–Trinajstić information content (AvgIpc) is 2.97. The Balaban J connectivity index is 1.29. The van der Waals surface area contributed by atoms with Crippen LogP contribution in [0.4, 0.5) is 11.4 Å². The van der Waals surface area contributed by atoms with Crippen molar-refractivity contribution in [2.45, 2.75) is 52.4 Å². The van der Waals surface area contributed by atoms with E-state index in [2.05, 4.69) is 76.2 Å². The summed E-state index contributed by atoms with van der Waals surface area (Å²) in [5, 5.41) is 0. The average molecular weight is 557 g/mol. The summed E-state index contributed by atoms with van der Waals surface area (Å²) in [6.45, 7) is 13.0. The fraction of sp³-hybridized carbons (Fsp3) is 0.211. The summed E-state index contributed by atoms with van der Waals surface area (Å²) in [6, 6.07) is 37.1. The summed E-state index contributed by atoms with van der Waals surface area (Å²) in [7, 11) is 0. The van der Waals surface area contributed by atoms with E-state index in [0.29, 0.717) is 0 Å². The first kappa shape index (κ1) is 28.8. The number of nitrogens with two attached hydrogens (primary N) is 2. The number of ether oxygens (including phenoxy) is 2. The Morgan fingerprint density at radius 3 is 1.00 bits per heavy atom. The lowest BCUT2D eigenvalue weighted by Gasteiger charge is -2.29. The molecule has 0 heterocycles. The maximum atomic E-state index is 6.11. The van der Waals surface area contributed by atoms with Crippen LogP contribution < -0.4 is 20.9 Å². The Hall–Kier alpha value is -4.70. The van der Waals surface area contributed by atoms with Gasteiger partial charge < -0.3 is 20.9 Å². The molecule has 4 nitrogen and oxygen atoms in total. The van der Waals surface area contributed by atoms with Crippen LogP contribution in [0.1, 0.15) is 61.1 Å². The lowest BCUT2D eigenvalue weighted by molar-refractivity contribution is 0.478. The van der Waals surface area contributed by atoms with Gasteiger partial charge in [-0.3, -0.25) is 0 Å². The minimum absolute atomic E-state index is 0.169. The van der Waals surface area contributed by atoms with Crippen molar-refractivity contribution in [2.24, 2.45) is 0 Å². The molecule has 5 aromatic rings. The van der Waals surface area contributed by atoms with E-state index < -0.39 is 0 Å². The van der Waals surface area contributed by atoms with E-state index in [0.717, 1.165) is 45.5 Å². The van der Waals surface area contributed by atoms with Crippen LogP contribution in [-0.2, 0) is 10.8 Å². The summed E-state index contributed by atoms with van der Waals surface area (Å²) in [5.41, 5.74) is 19.9. The molecule has 0 aliphatic rings. The fourth-order valence-corrected chi connectivity index (χ4v) is 5.34. The summed E-state index contributed by atoms with van der Waals surface area (Å²) >= 11 is 0. The summed E-state index contributed by atoms with van der Waals surface area (Å²) in [6.07, 6.45) is 0. The second-order valence-electron chi connectivity index (χ2n) is 12.1. The second-order valence-corrected chi connectivity index (χ2v) is 12.1. The van der Waals surface area contributed by atoms with Crippen LogP contribution in [0.15, 0.2) is 109 Å². The van der Waals surface area contributed by atoms with Crippen LogP contribution in [0.3, 0.4) is 0 Å². The van der Waals surface area contributed by atoms with Crippen molar-refractivity contribution in [3.8, 4) is 23.0 Å². The number of hydrogen-bond donors (Lipinski definition) is 2. The van der Waals surface area contributed by atoms with Crippen LogP contribution in [0.25, 0.3) is 0 Å². The highest BCUT2D eigenvalue weighted by Gasteiger charge is 2.26. The van der Waals surface area contributed by atoms with Crippen molar-refractivity contribution < 1.29 is 9.47 Å². The smallest absolute Gasteiger partial charge is 0.130 e. The van der Waals surface area contributed by atoms with Crippen molar-refractivity contribution in [1.82, 2.24) is 0 Å². The van der Waals surface area contributed by atoms with Crippen LogP contribution in [0.5, 0.6) is 23.0 Å². The van der Waals surface area contributed by atoms with Gasteiger partial charge in [-0.1, -0.05) is 76.2 Å². The van der Waals surface area contributed by atoms with Crippen LogP contribution in [0.2, 0.25) is 0 Å². The molecule has 0 unspecified atom stereocenters. The minimum Gasteiger partial charge on any atom is -0.457 e. The summed E-state index contributed by atoms with van der Waals surface area (Å²) < 4.78 is 12.2. The minimum atomic E-state index is -0.169. The lowest BCUT2D eigenvalue weighted by atomic mass is 9.74. The van der Waals surface area contributed by atoms with Crippen molar-refractivity contribution in [3.05, 3.63) is 143 Å². The van der Waals surface area contributed by atoms with Gasteiger partial charge in [0, 0.05) is 22.2 Å². The Morgan fingerprint density at radius 1 is 0.429 bits per heavy atom. The number of rotatable bonds is 8. The molecule has 0 aliphatic heterocycles. The van der Waals surface area contributed by atoms with Gasteiger partial charge in [0.25, 0.3) is 0 Å². The first-order chi connectivity index (χ1) is 19.9. The second kappa shape index (κ2) is 11.3. The molecule has 4 heteroatoms. The van der Waals surface area contributed by atoms with E-state index in [1.807, 2.05) is 74.5 Å². The topological polar surface area (TPSA) is 70.5 Å². The van der Waals surface area contributed by atoms with Crippen LogP contribution >= 0.6 is 0 Å². The molecule has 0 spiro atoms. The lowest BCUT2D eigenvalue weighted by Crippen LogP contribution is -2.21.